The maximum absolute atomic E-state index is 14.2. The van der Waals surface area contributed by atoms with E-state index in [2.05, 4.69) is 25.5 Å². The molecule has 0 atom stereocenters. The lowest BCUT2D eigenvalue weighted by Crippen LogP contribution is -2.49. The summed E-state index contributed by atoms with van der Waals surface area (Å²) in [5.74, 6) is -2.28. The van der Waals surface area contributed by atoms with E-state index in [0.29, 0.717) is 0 Å². The molecule has 0 saturated heterocycles. The molecule has 0 aliphatic heterocycles. The molecule has 0 spiro atoms. The molecule has 3 aromatic rings. The zero-order chi connectivity index (χ0) is 21.3. The third-order valence-electron chi connectivity index (χ3n) is 5.12. The molecule has 1 aliphatic carbocycles. The molecule has 2 heterocycles. The van der Waals surface area contributed by atoms with E-state index in [1.807, 2.05) is 0 Å². The Kier molecular flexibility index (Phi) is 5.06. The van der Waals surface area contributed by atoms with E-state index < -0.39 is 29.2 Å². The summed E-state index contributed by atoms with van der Waals surface area (Å²) in [5.41, 5.74) is -0.731. The number of carboxylic acids is 1. The minimum atomic E-state index is -1.20. The summed E-state index contributed by atoms with van der Waals surface area (Å²) in [7, 11) is 0. The Morgan fingerprint density at radius 1 is 1.17 bits per heavy atom. The number of anilines is 1. The number of aromatic carboxylic acids is 1. The average molecular weight is 415 g/mol. The fourth-order valence-electron chi connectivity index (χ4n) is 3.57. The standard InChI is InChI=1S/C20H16F3N5O2/c21-12-7-20(8-12,17-15(23)2-1-5-24-17)10-26-19-25-9-16(27-28-19)13-6-11(18(29)30)3-4-14(13)22/h1-6,9,12H,7-8,10H2,(H,29,30)(H,25,26,28)/t12-,20-. The first-order valence-electron chi connectivity index (χ1n) is 9.10. The van der Waals surface area contributed by atoms with Crippen LogP contribution in [0.1, 0.15) is 28.9 Å². The SMILES string of the molecule is O=C(O)c1ccc(F)c(-c2cnc(NC[C@]3(c4ncccc4F)C[C@H](F)C3)nn2)c1. The minimum absolute atomic E-state index is 0.0484. The van der Waals surface area contributed by atoms with E-state index in [1.165, 1.54) is 24.5 Å². The first kappa shape index (κ1) is 19.7. The molecule has 0 amide bonds. The topological polar surface area (TPSA) is 101 Å². The predicted molar refractivity (Wildman–Crippen MR) is 101 cm³/mol. The summed E-state index contributed by atoms with van der Waals surface area (Å²) in [5, 5.41) is 19.7. The monoisotopic (exact) mass is 415 g/mol. The van der Waals surface area contributed by atoms with E-state index >= 15 is 0 Å². The highest BCUT2D eigenvalue weighted by molar-refractivity contribution is 5.89. The maximum atomic E-state index is 14.2. The molecule has 1 fully saturated rings. The van der Waals surface area contributed by atoms with E-state index in [-0.39, 0.29) is 47.8 Å². The zero-order valence-corrected chi connectivity index (χ0v) is 15.5. The van der Waals surface area contributed by atoms with Crippen LogP contribution in [-0.2, 0) is 5.41 Å². The number of rotatable bonds is 6. The minimum Gasteiger partial charge on any atom is -0.478 e. The second-order valence-corrected chi connectivity index (χ2v) is 7.14. The normalized spacial score (nSPS) is 20.4. The number of benzene rings is 1. The summed E-state index contributed by atoms with van der Waals surface area (Å²) in [6.07, 6.45) is 1.89. The van der Waals surface area contributed by atoms with Gasteiger partial charge in [0, 0.05) is 23.7 Å². The summed E-state index contributed by atoms with van der Waals surface area (Å²) < 4.78 is 41.9. The van der Waals surface area contributed by atoms with Crippen molar-refractivity contribution in [3.63, 3.8) is 0 Å². The van der Waals surface area contributed by atoms with Gasteiger partial charge in [-0.3, -0.25) is 4.98 Å². The Bertz CT molecular complexity index is 1090. The lowest BCUT2D eigenvalue weighted by molar-refractivity contribution is 0.0696. The molecular formula is C20H16F3N5O2. The largest absolute Gasteiger partial charge is 0.478 e. The van der Waals surface area contributed by atoms with Gasteiger partial charge in [0.05, 0.1) is 17.5 Å². The number of alkyl halides is 1. The van der Waals surface area contributed by atoms with Crippen LogP contribution in [0.3, 0.4) is 0 Å². The van der Waals surface area contributed by atoms with Gasteiger partial charge in [0.2, 0.25) is 5.95 Å². The molecule has 1 aliphatic rings. The maximum Gasteiger partial charge on any atom is 0.335 e. The van der Waals surface area contributed by atoms with Gasteiger partial charge in [-0.2, -0.15) is 0 Å². The van der Waals surface area contributed by atoms with E-state index in [4.69, 9.17) is 5.11 Å². The Hall–Kier alpha value is -3.56. The van der Waals surface area contributed by atoms with Gasteiger partial charge in [-0.05, 0) is 43.2 Å². The van der Waals surface area contributed by atoms with Crippen molar-refractivity contribution in [1.82, 2.24) is 20.2 Å². The summed E-state index contributed by atoms with van der Waals surface area (Å²) in [4.78, 5) is 19.2. The number of carboxylic acid groups (broad SMARTS) is 1. The Balaban J connectivity index is 1.52. The molecule has 1 saturated carbocycles. The van der Waals surface area contributed by atoms with Crippen LogP contribution >= 0.6 is 0 Å². The molecule has 1 aromatic carbocycles. The van der Waals surface area contributed by atoms with Gasteiger partial charge < -0.3 is 10.4 Å². The van der Waals surface area contributed by atoms with Crippen LogP contribution in [0.4, 0.5) is 19.1 Å². The van der Waals surface area contributed by atoms with Crippen molar-refractivity contribution in [3.8, 4) is 11.3 Å². The van der Waals surface area contributed by atoms with Gasteiger partial charge in [0.15, 0.2) is 0 Å². The van der Waals surface area contributed by atoms with Crippen molar-refractivity contribution >= 4 is 11.9 Å². The quantitative estimate of drug-likeness (QED) is 0.636. The number of pyridine rings is 1. The Morgan fingerprint density at radius 3 is 2.60 bits per heavy atom. The first-order valence-corrected chi connectivity index (χ1v) is 9.10. The number of carbonyl (C=O) groups is 1. The number of hydrogen-bond donors (Lipinski definition) is 2. The zero-order valence-electron chi connectivity index (χ0n) is 15.5. The first-order chi connectivity index (χ1) is 14.4. The lowest BCUT2D eigenvalue weighted by atomic mass is 9.65. The molecule has 2 N–H and O–H groups in total. The number of hydrogen-bond acceptors (Lipinski definition) is 6. The highest BCUT2D eigenvalue weighted by Gasteiger charge is 2.48. The number of aromatic nitrogens is 4. The van der Waals surface area contributed by atoms with E-state index in [0.717, 1.165) is 18.2 Å². The fraction of sp³-hybridized carbons (Fsp3) is 0.250. The van der Waals surface area contributed by atoms with Crippen molar-refractivity contribution in [2.45, 2.75) is 24.4 Å². The summed E-state index contributed by atoms with van der Waals surface area (Å²) in [6, 6.07) is 6.07. The van der Waals surface area contributed by atoms with Gasteiger partial charge in [0.1, 0.15) is 23.5 Å². The van der Waals surface area contributed by atoms with Crippen molar-refractivity contribution < 1.29 is 23.1 Å². The highest BCUT2D eigenvalue weighted by atomic mass is 19.1. The molecular weight excluding hydrogens is 399 g/mol. The van der Waals surface area contributed by atoms with Gasteiger partial charge in [0.25, 0.3) is 0 Å². The molecule has 0 radical (unpaired) electrons. The van der Waals surface area contributed by atoms with E-state index in [9.17, 15) is 18.0 Å². The van der Waals surface area contributed by atoms with Gasteiger partial charge in [-0.25, -0.2) is 22.9 Å². The fourth-order valence-corrected chi connectivity index (χ4v) is 3.57. The molecule has 154 valence electrons. The van der Waals surface area contributed by atoms with Crippen LogP contribution in [0.5, 0.6) is 0 Å². The van der Waals surface area contributed by atoms with Gasteiger partial charge >= 0.3 is 5.97 Å². The molecule has 30 heavy (non-hydrogen) atoms. The molecule has 7 nitrogen and oxygen atoms in total. The number of halogens is 3. The van der Waals surface area contributed by atoms with Crippen LogP contribution in [0.15, 0.2) is 42.7 Å². The third kappa shape index (κ3) is 3.68. The second-order valence-electron chi connectivity index (χ2n) is 7.14. The third-order valence-corrected chi connectivity index (χ3v) is 5.12. The molecule has 0 bridgehead atoms. The van der Waals surface area contributed by atoms with Crippen LogP contribution in [0.25, 0.3) is 11.3 Å². The van der Waals surface area contributed by atoms with Crippen molar-refractivity contribution in [1.29, 1.82) is 0 Å². The second kappa shape index (κ2) is 7.69. The number of nitrogens with one attached hydrogen (secondary N) is 1. The predicted octanol–water partition coefficient (Wildman–Crippen LogP) is 3.39. The number of nitrogens with zero attached hydrogens (tertiary/aromatic N) is 4. The molecule has 0 unspecified atom stereocenters. The van der Waals surface area contributed by atoms with Crippen LogP contribution in [0, 0.1) is 11.6 Å². The Morgan fingerprint density at radius 2 is 1.97 bits per heavy atom. The van der Waals surface area contributed by atoms with Crippen LogP contribution < -0.4 is 5.32 Å². The van der Waals surface area contributed by atoms with Crippen molar-refractivity contribution in [3.05, 3.63) is 65.6 Å². The van der Waals surface area contributed by atoms with Crippen LogP contribution in [0.2, 0.25) is 0 Å². The van der Waals surface area contributed by atoms with Gasteiger partial charge in [-0.1, -0.05) is 0 Å². The average Bonchev–Trinajstić information content (AvgIpc) is 2.71. The highest BCUT2D eigenvalue weighted by Crippen LogP contribution is 2.45. The van der Waals surface area contributed by atoms with E-state index in [1.54, 1.807) is 0 Å². The van der Waals surface area contributed by atoms with Gasteiger partial charge in [-0.15, -0.1) is 10.2 Å². The van der Waals surface area contributed by atoms with Crippen molar-refractivity contribution in [2.75, 3.05) is 11.9 Å². The summed E-state index contributed by atoms with van der Waals surface area (Å²) in [6.45, 7) is 0.144. The molecule has 10 heteroatoms. The van der Waals surface area contributed by atoms with Crippen molar-refractivity contribution in [2.24, 2.45) is 0 Å². The lowest BCUT2D eigenvalue weighted by Gasteiger charge is -2.43. The summed E-state index contributed by atoms with van der Waals surface area (Å²) >= 11 is 0. The molecule has 4 rings (SSSR count). The Labute approximate surface area is 169 Å². The van der Waals surface area contributed by atoms with Crippen LogP contribution in [-0.4, -0.2) is 44.0 Å². The smallest absolute Gasteiger partial charge is 0.335 e. The molecule has 2 aromatic heterocycles.